The van der Waals surface area contributed by atoms with Crippen LogP contribution < -0.4 is 19.5 Å². The highest BCUT2D eigenvalue weighted by molar-refractivity contribution is 5.78. The lowest BCUT2D eigenvalue weighted by Crippen LogP contribution is -2.53. The number of alkyl carbamates (subject to hydrolysis) is 1. The van der Waals surface area contributed by atoms with E-state index in [1.165, 1.54) is 0 Å². The van der Waals surface area contributed by atoms with Gasteiger partial charge in [0.2, 0.25) is 0 Å². The van der Waals surface area contributed by atoms with Gasteiger partial charge in [-0.15, -0.1) is 0 Å². The lowest BCUT2D eigenvalue weighted by Gasteiger charge is -2.44. The highest BCUT2D eigenvalue weighted by Crippen LogP contribution is 2.46. The highest BCUT2D eigenvalue weighted by atomic mass is 16.6. The molecule has 0 spiro atoms. The van der Waals surface area contributed by atoms with Crippen LogP contribution in [0.2, 0.25) is 0 Å². The number of carbonyl (C=O) groups excluding carboxylic acids is 1. The third-order valence-corrected chi connectivity index (χ3v) is 7.54. The molecule has 0 aromatic heterocycles. The van der Waals surface area contributed by atoms with Crippen LogP contribution in [0.1, 0.15) is 38.3 Å². The first-order chi connectivity index (χ1) is 16.4. The number of methoxy groups -OCH3 is 2. The zero-order valence-electron chi connectivity index (χ0n) is 20.4. The van der Waals surface area contributed by atoms with Gasteiger partial charge in [-0.1, -0.05) is 32.0 Å². The van der Waals surface area contributed by atoms with Crippen LogP contribution in [0, 0.1) is 11.3 Å². The number of hydrogen-bond donors (Lipinski definition) is 1. The summed E-state index contributed by atoms with van der Waals surface area (Å²) < 4.78 is 23.3. The molecule has 3 fully saturated rings. The summed E-state index contributed by atoms with van der Waals surface area (Å²) in [5.74, 6) is 2.68. The molecule has 0 saturated carbocycles. The summed E-state index contributed by atoms with van der Waals surface area (Å²) in [7, 11) is 3.30. The van der Waals surface area contributed by atoms with Gasteiger partial charge in [0.05, 0.1) is 32.4 Å². The lowest BCUT2D eigenvalue weighted by molar-refractivity contribution is -0.0361. The third kappa shape index (κ3) is 4.17. The van der Waals surface area contributed by atoms with E-state index < -0.39 is 0 Å². The summed E-state index contributed by atoms with van der Waals surface area (Å²) in [5.41, 5.74) is 2.46. The van der Waals surface area contributed by atoms with E-state index in [0.717, 1.165) is 66.4 Å². The van der Waals surface area contributed by atoms with Crippen LogP contribution >= 0.6 is 0 Å². The van der Waals surface area contributed by atoms with Gasteiger partial charge in [0.1, 0.15) is 23.4 Å². The monoisotopic (exact) mass is 466 g/mol. The van der Waals surface area contributed by atoms with Gasteiger partial charge in [0.15, 0.2) is 0 Å². The van der Waals surface area contributed by atoms with E-state index in [-0.39, 0.29) is 23.7 Å². The van der Waals surface area contributed by atoms with Gasteiger partial charge in [0.25, 0.3) is 0 Å². The van der Waals surface area contributed by atoms with Crippen molar-refractivity contribution in [3.63, 3.8) is 0 Å². The Morgan fingerprint density at radius 1 is 1.09 bits per heavy atom. The van der Waals surface area contributed by atoms with Crippen molar-refractivity contribution in [3.05, 3.63) is 42.0 Å². The Morgan fingerprint density at radius 3 is 2.41 bits per heavy atom. The summed E-state index contributed by atoms with van der Waals surface area (Å²) in [6.45, 7) is 7.77. The van der Waals surface area contributed by atoms with Crippen LogP contribution in [0.25, 0.3) is 11.1 Å². The second kappa shape index (κ2) is 9.02. The summed E-state index contributed by atoms with van der Waals surface area (Å²) >= 11 is 0. The standard InChI is InChI=1S/C27H34N2O5/c1-27(2)16-33-22-14-18(24-20(31-3)6-5-7-21(24)32-4)8-9-19(22)25(27)28-26(30)34-23-15-29-12-10-17(23)11-13-29/h5-9,14,17,23,25H,10-13,15-16H2,1-4H3,(H,28,30)/t23-,25?/m1/s1. The molecule has 3 saturated heterocycles. The van der Waals surface area contributed by atoms with Gasteiger partial charge < -0.3 is 24.3 Å². The Morgan fingerprint density at radius 2 is 1.79 bits per heavy atom. The number of nitrogens with one attached hydrogen (secondary N) is 1. The molecule has 2 aromatic rings. The molecule has 0 radical (unpaired) electrons. The smallest absolute Gasteiger partial charge is 0.407 e. The van der Waals surface area contributed by atoms with Gasteiger partial charge in [0, 0.05) is 17.5 Å². The molecule has 1 amide bonds. The predicted octanol–water partition coefficient (Wildman–Crippen LogP) is 4.65. The maximum absolute atomic E-state index is 13.0. The number of amides is 1. The number of piperidine rings is 3. The van der Waals surface area contributed by atoms with E-state index in [1.807, 2.05) is 36.4 Å². The van der Waals surface area contributed by atoms with Crippen molar-refractivity contribution >= 4 is 6.09 Å². The second-order valence-corrected chi connectivity index (χ2v) is 10.2. The van der Waals surface area contributed by atoms with Crippen molar-refractivity contribution in [3.8, 4) is 28.4 Å². The van der Waals surface area contributed by atoms with Gasteiger partial charge in [-0.2, -0.15) is 0 Å². The summed E-state index contributed by atoms with van der Waals surface area (Å²) in [6, 6.07) is 11.6. The van der Waals surface area contributed by atoms with Gasteiger partial charge in [-0.3, -0.25) is 4.90 Å². The minimum atomic E-state index is -0.347. The number of rotatable bonds is 5. The molecule has 34 heavy (non-hydrogen) atoms. The number of hydrogen-bond acceptors (Lipinski definition) is 6. The summed E-state index contributed by atoms with van der Waals surface area (Å²) in [6.07, 6.45) is 1.85. The van der Waals surface area contributed by atoms with E-state index >= 15 is 0 Å². The maximum atomic E-state index is 13.0. The fourth-order valence-electron chi connectivity index (χ4n) is 5.56. The first-order valence-corrected chi connectivity index (χ1v) is 12.1. The first kappa shape index (κ1) is 22.8. The zero-order chi connectivity index (χ0) is 23.9. The molecule has 7 heteroatoms. The van der Waals surface area contributed by atoms with Gasteiger partial charge in [-0.05, 0) is 55.6 Å². The molecule has 2 aromatic carbocycles. The minimum Gasteiger partial charge on any atom is -0.496 e. The molecule has 4 aliphatic heterocycles. The van der Waals surface area contributed by atoms with Crippen LogP contribution in [0.15, 0.2) is 36.4 Å². The van der Waals surface area contributed by atoms with E-state index in [2.05, 4.69) is 24.1 Å². The van der Waals surface area contributed by atoms with Crippen molar-refractivity contribution in [1.82, 2.24) is 10.2 Å². The molecule has 4 aliphatic rings. The van der Waals surface area contributed by atoms with Crippen LogP contribution in [-0.2, 0) is 4.74 Å². The number of fused-ring (bicyclic) bond motifs is 4. The van der Waals surface area contributed by atoms with Crippen molar-refractivity contribution in [2.45, 2.75) is 38.8 Å². The molecule has 2 atom stereocenters. The topological polar surface area (TPSA) is 69.3 Å². The van der Waals surface area contributed by atoms with Crippen LogP contribution in [0.5, 0.6) is 17.2 Å². The SMILES string of the molecule is COc1cccc(OC)c1-c1ccc2c(c1)OCC(C)(C)C2NC(=O)O[C@@H]1CN2CCC1CC2. The molecule has 1 unspecified atom stereocenters. The van der Waals surface area contributed by atoms with Gasteiger partial charge in [-0.25, -0.2) is 4.79 Å². The van der Waals surface area contributed by atoms with Crippen LogP contribution in [-0.4, -0.2) is 57.6 Å². The van der Waals surface area contributed by atoms with Crippen molar-refractivity contribution < 1.29 is 23.7 Å². The predicted molar refractivity (Wildman–Crippen MR) is 130 cm³/mol. The lowest BCUT2D eigenvalue weighted by atomic mass is 9.78. The van der Waals surface area contributed by atoms with Crippen LogP contribution in [0.3, 0.4) is 0 Å². The van der Waals surface area contributed by atoms with E-state index in [0.29, 0.717) is 12.5 Å². The minimum absolute atomic E-state index is 0.0229. The molecule has 7 nitrogen and oxygen atoms in total. The number of carbonyl (C=O) groups is 1. The average molecular weight is 467 g/mol. The molecule has 1 N–H and O–H groups in total. The van der Waals surface area contributed by atoms with E-state index in [4.69, 9.17) is 18.9 Å². The fraction of sp³-hybridized carbons (Fsp3) is 0.519. The average Bonchev–Trinajstić information content (AvgIpc) is 2.85. The van der Waals surface area contributed by atoms with Gasteiger partial charge >= 0.3 is 6.09 Å². The van der Waals surface area contributed by atoms with Crippen molar-refractivity contribution in [2.24, 2.45) is 11.3 Å². The molecule has 0 aliphatic carbocycles. The Bertz CT molecular complexity index is 1040. The normalized spacial score (nSPS) is 26.7. The highest BCUT2D eigenvalue weighted by Gasteiger charge is 2.41. The fourth-order valence-corrected chi connectivity index (χ4v) is 5.56. The quantitative estimate of drug-likeness (QED) is 0.692. The summed E-state index contributed by atoms with van der Waals surface area (Å²) in [5, 5.41) is 3.17. The molecule has 182 valence electrons. The van der Waals surface area contributed by atoms with E-state index in [9.17, 15) is 4.79 Å². The molecule has 6 rings (SSSR count). The number of ether oxygens (including phenoxy) is 4. The largest absolute Gasteiger partial charge is 0.496 e. The van der Waals surface area contributed by atoms with Crippen molar-refractivity contribution in [1.29, 1.82) is 0 Å². The number of benzene rings is 2. The Balaban J connectivity index is 1.40. The number of nitrogens with zero attached hydrogens (tertiary/aromatic N) is 1. The summed E-state index contributed by atoms with van der Waals surface area (Å²) in [4.78, 5) is 15.4. The molecular weight excluding hydrogens is 432 g/mol. The van der Waals surface area contributed by atoms with Crippen molar-refractivity contribution in [2.75, 3.05) is 40.5 Å². The molecule has 4 heterocycles. The van der Waals surface area contributed by atoms with E-state index in [1.54, 1.807) is 14.2 Å². The molecular formula is C27H34N2O5. The second-order valence-electron chi connectivity index (χ2n) is 10.2. The Kier molecular flexibility index (Phi) is 6.06. The first-order valence-electron chi connectivity index (χ1n) is 12.1. The maximum Gasteiger partial charge on any atom is 0.407 e. The van der Waals surface area contributed by atoms with Crippen LogP contribution in [0.4, 0.5) is 4.79 Å². The Hall–Kier alpha value is -2.93. The zero-order valence-corrected chi connectivity index (χ0v) is 20.4. The Labute approximate surface area is 201 Å². The molecule has 2 bridgehead atoms. The third-order valence-electron chi connectivity index (χ3n) is 7.54.